The molecule has 0 aliphatic carbocycles. The van der Waals surface area contributed by atoms with Crippen molar-refractivity contribution < 1.29 is 33.3 Å². The zero-order valence-electron chi connectivity index (χ0n) is 35.0. The van der Waals surface area contributed by atoms with Crippen LogP contribution in [0.1, 0.15) is 41.5 Å². The van der Waals surface area contributed by atoms with Crippen LogP contribution >= 0.6 is 22.9 Å². The number of hydrogen-bond donors (Lipinski definition) is 1. The molecular formula is C50H46ClN3O8S. The van der Waals surface area contributed by atoms with Crippen molar-refractivity contribution in [2.24, 2.45) is 0 Å². The number of benzene rings is 5. The van der Waals surface area contributed by atoms with Gasteiger partial charge in [-0.25, -0.2) is 9.59 Å². The highest BCUT2D eigenvalue weighted by molar-refractivity contribution is 7.10. The lowest BCUT2D eigenvalue weighted by atomic mass is 10.0. The highest BCUT2D eigenvalue weighted by Crippen LogP contribution is 2.34. The van der Waals surface area contributed by atoms with E-state index in [1.165, 1.54) is 23.8 Å². The molecule has 0 saturated carbocycles. The van der Waals surface area contributed by atoms with E-state index < -0.39 is 18.6 Å². The number of thiophene rings is 1. The number of aliphatic carboxylic acids is 1. The zero-order chi connectivity index (χ0) is 44.3. The van der Waals surface area contributed by atoms with Crippen molar-refractivity contribution in [3.05, 3.63) is 182 Å². The Balaban J connectivity index is 0.000000142. The Kier molecular flexibility index (Phi) is 14.7. The van der Waals surface area contributed by atoms with E-state index in [1.54, 1.807) is 29.5 Å². The van der Waals surface area contributed by atoms with Crippen LogP contribution in [0.15, 0.2) is 154 Å². The van der Waals surface area contributed by atoms with Crippen molar-refractivity contribution in [2.75, 3.05) is 20.3 Å². The molecule has 322 valence electrons. The normalized spacial score (nSPS) is 12.7. The fourth-order valence-corrected chi connectivity index (χ4v) is 8.38. The molecule has 8 aromatic rings. The molecule has 4 heterocycles. The molecule has 0 radical (unpaired) electrons. The molecule has 0 saturated heterocycles. The first-order chi connectivity index (χ1) is 30.6. The molecule has 0 amide bonds. The molecule has 0 fully saturated rings. The number of carboxylic acid groups (broad SMARTS) is 1. The van der Waals surface area contributed by atoms with Crippen LogP contribution < -0.4 is 14.9 Å². The van der Waals surface area contributed by atoms with Gasteiger partial charge in [-0.2, -0.15) is 0 Å². The molecule has 5 aromatic carbocycles. The van der Waals surface area contributed by atoms with Crippen molar-refractivity contribution in [1.82, 2.24) is 14.7 Å². The number of aromatic nitrogens is 2. The highest BCUT2D eigenvalue weighted by Gasteiger charge is 2.32. The summed E-state index contributed by atoms with van der Waals surface area (Å²) in [7, 11) is 1.42. The molecule has 63 heavy (non-hydrogen) atoms. The van der Waals surface area contributed by atoms with Crippen LogP contribution in [0, 0.1) is 0 Å². The van der Waals surface area contributed by atoms with Gasteiger partial charge in [0.05, 0.1) is 41.6 Å². The first-order valence-corrected chi connectivity index (χ1v) is 21.6. The second-order valence-corrected chi connectivity index (χ2v) is 16.3. The molecule has 9 rings (SSSR count). The Morgan fingerprint density at radius 3 is 2.33 bits per heavy atom. The third kappa shape index (κ3) is 11.0. The minimum atomic E-state index is -1.02. The summed E-state index contributed by atoms with van der Waals surface area (Å²) in [6, 6.07) is 41.6. The lowest BCUT2D eigenvalue weighted by Gasteiger charge is -2.33. The third-order valence-electron chi connectivity index (χ3n) is 10.2. The number of carboxylic acids is 1. The fourth-order valence-electron chi connectivity index (χ4n) is 7.25. The van der Waals surface area contributed by atoms with Crippen molar-refractivity contribution >= 4 is 56.7 Å². The zero-order valence-corrected chi connectivity index (χ0v) is 36.6. The minimum absolute atomic E-state index is 0.0291. The van der Waals surface area contributed by atoms with Crippen molar-refractivity contribution in [2.45, 2.75) is 45.5 Å². The Morgan fingerprint density at radius 2 is 1.60 bits per heavy atom. The van der Waals surface area contributed by atoms with E-state index in [1.807, 2.05) is 128 Å². The standard InChI is InChI=1S/C18H16O3.C16H16ClNO2S.C16H14N2O3/c1-12(2)21-14-8-9-15-17(10-14)20-11-16(18(15)19)13-6-4-3-5-7-13;1-20-16(19)15(12-4-2-3-5-13(12)17)18-8-6-14-11(10-18)7-9-21-14;19-15(20)11-21-16-13-8-4-5-9-14(13)18(17-16)10-12-6-2-1-3-7-12/h3-12H,1-2H3;2-5,7,9,15H,6,8,10H2,1H3;1-9H,10-11H2,(H,19,20)/t;15-;/m.0./s1. The SMILES string of the molecule is CC(C)Oc1ccc2c(=O)c(-c3ccccc3)coc2c1.COC(=O)[C@H](c1ccccc1Cl)N1CCc2sccc2C1.O=C(O)COc1nn(Cc2ccccc2)c2ccccc12. The van der Waals surface area contributed by atoms with Gasteiger partial charge < -0.3 is 23.7 Å². The number of fused-ring (bicyclic) bond motifs is 3. The lowest BCUT2D eigenvalue weighted by molar-refractivity contribution is -0.147. The van der Waals surface area contributed by atoms with Gasteiger partial charge >= 0.3 is 11.9 Å². The molecule has 1 atom stereocenters. The number of esters is 1. The van der Waals surface area contributed by atoms with Crippen LogP contribution in [0.3, 0.4) is 0 Å². The lowest BCUT2D eigenvalue weighted by Crippen LogP contribution is -2.38. The Labute approximate surface area is 373 Å². The first kappa shape index (κ1) is 44.3. The number of carbonyl (C=O) groups is 2. The van der Waals surface area contributed by atoms with Crippen LogP contribution in [-0.4, -0.2) is 58.1 Å². The quantitative estimate of drug-likeness (QED) is 0.125. The van der Waals surface area contributed by atoms with Gasteiger partial charge in [0.2, 0.25) is 5.88 Å². The number of methoxy groups -OCH3 is 1. The van der Waals surface area contributed by atoms with E-state index in [9.17, 15) is 14.4 Å². The predicted molar refractivity (Wildman–Crippen MR) is 247 cm³/mol. The number of ether oxygens (including phenoxy) is 3. The largest absolute Gasteiger partial charge is 0.491 e. The van der Waals surface area contributed by atoms with E-state index in [4.69, 9.17) is 35.3 Å². The predicted octanol–water partition coefficient (Wildman–Crippen LogP) is 10.5. The molecule has 1 aliphatic heterocycles. The monoisotopic (exact) mass is 883 g/mol. The van der Waals surface area contributed by atoms with Crippen LogP contribution in [0.5, 0.6) is 11.6 Å². The topological polar surface area (TPSA) is 133 Å². The summed E-state index contributed by atoms with van der Waals surface area (Å²) in [5, 5.41) is 17.2. The van der Waals surface area contributed by atoms with Gasteiger partial charge in [-0.1, -0.05) is 103 Å². The Bertz CT molecular complexity index is 2860. The van der Waals surface area contributed by atoms with Gasteiger partial charge in [0.1, 0.15) is 23.6 Å². The molecule has 1 N–H and O–H groups in total. The average molecular weight is 884 g/mol. The second kappa shape index (κ2) is 20.9. The Morgan fingerprint density at radius 1 is 0.889 bits per heavy atom. The van der Waals surface area contributed by atoms with Crippen LogP contribution in [0.2, 0.25) is 5.02 Å². The maximum absolute atomic E-state index is 12.6. The maximum Gasteiger partial charge on any atom is 0.341 e. The summed E-state index contributed by atoms with van der Waals surface area (Å²) in [6.45, 7) is 5.71. The fraction of sp³-hybridized carbons (Fsp3) is 0.200. The van der Waals surface area contributed by atoms with Gasteiger partial charge in [0.15, 0.2) is 12.0 Å². The van der Waals surface area contributed by atoms with Gasteiger partial charge in [0.25, 0.3) is 0 Å². The van der Waals surface area contributed by atoms with Crippen LogP contribution in [-0.2, 0) is 33.8 Å². The molecule has 3 aromatic heterocycles. The second-order valence-electron chi connectivity index (χ2n) is 14.9. The van der Waals surface area contributed by atoms with E-state index in [-0.39, 0.29) is 17.5 Å². The smallest absolute Gasteiger partial charge is 0.341 e. The molecular weight excluding hydrogens is 838 g/mol. The van der Waals surface area contributed by atoms with E-state index in [0.717, 1.165) is 47.1 Å². The average Bonchev–Trinajstić information content (AvgIpc) is 3.91. The van der Waals surface area contributed by atoms with Crippen LogP contribution in [0.25, 0.3) is 33.0 Å². The number of hydrogen-bond acceptors (Lipinski definition) is 10. The third-order valence-corrected chi connectivity index (χ3v) is 11.5. The summed E-state index contributed by atoms with van der Waals surface area (Å²) in [6.07, 6.45) is 2.56. The van der Waals surface area contributed by atoms with E-state index in [0.29, 0.717) is 39.7 Å². The van der Waals surface area contributed by atoms with Gasteiger partial charge in [-0.3, -0.25) is 14.4 Å². The maximum atomic E-state index is 12.6. The summed E-state index contributed by atoms with van der Waals surface area (Å²) in [5.41, 5.74) is 6.09. The van der Waals surface area contributed by atoms with Crippen molar-refractivity contribution in [1.29, 1.82) is 0 Å². The van der Waals surface area contributed by atoms with Gasteiger partial charge in [-0.05, 0) is 84.3 Å². The Hall–Kier alpha value is -6.73. The number of carbonyl (C=O) groups excluding carboxylic acids is 1. The summed E-state index contributed by atoms with van der Waals surface area (Å²) in [4.78, 5) is 39.1. The number of para-hydroxylation sites is 1. The highest BCUT2D eigenvalue weighted by atomic mass is 35.5. The van der Waals surface area contributed by atoms with Crippen molar-refractivity contribution in [3.63, 3.8) is 0 Å². The van der Waals surface area contributed by atoms with Gasteiger partial charge in [-0.15, -0.1) is 16.4 Å². The number of halogens is 1. The van der Waals surface area contributed by atoms with Crippen molar-refractivity contribution in [3.8, 4) is 22.8 Å². The van der Waals surface area contributed by atoms with E-state index >= 15 is 0 Å². The summed E-state index contributed by atoms with van der Waals surface area (Å²) >= 11 is 8.07. The number of nitrogens with zero attached hydrogens (tertiary/aromatic N) is 3. The molecule has 0 spiro atoms. The molecule has 11 nitrogen and oxygen atoms in total. The first-order valence-electron chi connectivity index (χ1n) is 20.3. The number of rotatable bonds is 11. The molecule has 1 aliphatic rings. The molecule has 0 unspecified atom stereocenters. The summed E-state index contributed by atoms with van der Waals surface area (Å²) in [5.74, 6) is -0.226. The minimum Gasteiger partial charge on any atom is -0.491 e. The van der Waals surface area contributed by atoms with Crippen LogP contribution in [0.4, 0.5) is 0 Å². The van der Waals surface area contributed by atoms with E-state index in [2.05, 4.69) is 21.4 Å². The van der Waals surface area contributed by atoms with Gasteiger partial charge in [0, 0.05) is 29.1 Å². The molecule has 13 heteroatoms. The molecule has 0 bridgehead atoms. The summed E-state index contributed by atoms with van der Waals surface area (Å²) < 4.78 is 23.3.